The maximum absolute atomic E-state index is 13.5. The molecule has 0 amide bonds. The lowest BCUT2D eigenvalue weighted by atomic mass is 10.2. The maximum Gasteiger partial charge on any atom is 0.331 e. The Hall–Kier alpha value is -3.72. The summed E-state index contributed by atoms with van der Waals surface area (Å²) in [5.74, 6) is -0.211. The highest BCUT2D eigenvalue weighted by Gasteiger charge is 2.25. The van der Waals surface area contributed by atoms with Gasteiger partial charge in [-0.25, -0.2) is 13.6 Å². The molecular formula is C26H27F2N5O2. The number of rotatable bonds is 6. The van der Waals surface area contributed by atoms with Crippen LogP contribution in [-0.4, -0.2) is 38.2 Å². The van der Waals surface area contributed by atoms with E-state index in [-0.39, 0.29) is 23.4 Å². The molecule has 0 radical (unpaired) electrons. The fraction of sp³-hybridized carbons (Fsp3) is 0.308. The van der Waals surface area contributed by atoms with E-state index in [1.807, 2.05) is 11.6 Å². The van der Waals surface area contributed by atoms with Crippen molar-refractivity contribution in [1.82, 2.24) is 18.6 Å². The summed E-state index contributed by atoms with van der Waals surface area (Å²) in [7, 11) is 3.53. The van der Waals surface area contributed by atoms with Crippen LogP contribution in [0.2, 0.25) is 0 Å². The zero-order valence-corrected chi connectivity index (χ0v) is 19.7. The number of benzene rings is 2. The molecule has 1 unspecified atom stereocenters. The van der Waals surface area contributed by atoms with E-state index in [0.29, 0.717) is 35.5 Å². The molecule has 5 rings (SSSR count). The smallest absolute Gasteiger partial charge is 0.331 e. The molecule has 182 valence electrons. The van der Waals surface area contributed by atoms with Crippen molar-refractivity contribution in [1.29, 1.82) is 0 Å². The predicted octanol–water partition coefficient (Wildman–Crippen LogP) is 3.67. The van der Waals surface area contributed by atoms with Gasteiger partial charge in [0.15, 0.2) is 0 Å². The number of nitrogens with one attached hydrogen (secondary N) is 1. The number of nitrogens with zero attached hydrogens (tertiary/aromatic N) is 4. The van der Waals surface area contributed by atoms with E-state index in [0.717, 1.165) is 29.5 Å². The molecule has 0 saturated carbocycles. The van der Waals surface area contributed by atoms with Gasteiger partial charge in [0.05, 0.1) is 5.52 Å². The number of aromatic nitrogens is 3. The summed E-state index contributed by atoms with van der Waals surface area (Å²) in [4.78, 5) is 28.8. The second-order valence-corrected chi connectivity index (χ2v) is 9.16. The third kappa shape index (κ3) is 4.39. The summed E-state index contributed by atoms with van der Waals surface area (Å²) < 4.78 is 31.6. The molecule has 7 nitrogen and oxygen atoms in total. The standard InChI is InChI=1S/C26H27F2N5O2/c1-30-13-3-4-21(30)15-33-22-16-32(14-17-5-7-18(27)8-6-17)24(23(22)25(34)31(2)26(33)35)29-20-11-9-19(28)10-12-20/h5-12,16,21,29H,3-4,13-15H2,1-2H3. The Labute approximate surface area is 200 Å². The fourth-order valence-corrected chi connectivity index (χ4v) is 4.81. The van der Waals surface area contributed by atoms with Crippen molar-refractivity contribution in [2.45, 2.75) is 32.0 Å². The Morgan fingerprint density at radius 3 is 2.26 bits per heavy atom. The van der Waals surface area contributed by atoms with Crippen LogP contribution < -0.4 is 16.6 Å². The first kappa shape index (κ1) is 23.0. The quantitative estimate of drug-likeness (QED) is 0.459. The number of halogens is 2. The number of likely N-dealkylation sites (N-methyl/N-ethyl adjacent to an activating group) is 1. The van der Waals surface area contributed by atoms with E-state index in [1.54, 1.807) is 35.0 Å². The molecule has 35 heavy (non-hydrogen) atoms. The normalized spacial score (nSPS) is 16.3. The number of likely N-dealkylation sites (tertiary alicyclic amines) is 1. The molecule has 2 aromatic heterocycles. The summed E-state index contributed by atoms with van der Waals surface area (Å²) in [6.45, 7) is 1.78. The van der Waals surface area contributed by atoms with Crippen molar-refractivity contribution < 1.29 is 8.78 Å². The van der Waals surface area contributed by atoms with Crippen LogP contribution >= 0.6 is 0 Å². The van der Waals surface area contributed by atoms with Gasteiger partial charge in [-0.3, -0.25) is 13.9 Å². The van der Waals surface area contributed by atoms with Gasteiger partial charge in [-0.05, 0) is 68.4 Å². The minimum absolute atomic E-state index is 0.197. The molecule has 0 bridgehead atoms. The van der Waals surface area contributed by atoms with Gasteiger partial charge in [-0.1, -0.05) is 12.1 Å². The molecule has 1 fully saturated rings. The highest BCUT2D eigenvalue weighted by molar-refractivity contribution is 5.92. The first-order valence-corrected chi connectivity index (χ1v) is 11.6. The molecule has 1 saturated heterocycles. The second kappa shape index (κ2) is 9.14. The van der Waals surface area contributed by atoms with Gasteiger partial charge in [0.1, 0.15) is 22.8 Å². The lowest BCUT2D eigenvalue weighted by Crippen LogP contribution is -2.41. The third-order valence-electron chi connectivity index (χ3n) is 6.82. The highest BCUT2D eigenvalue weighted by Crippen LogP contribution is 2.28. The van der Waals surface area contributed by atoms with Crippen molar-refractivity contribution in [3.05, 3.63) is 92.8 Å². The Bertz CT molecular complexity index is 1490. The molecule has 9 heteroatoms. The van der Waals surface area contributed by atoms with Crippen molar-refractivity contribution >= 4 is 22.4 Å². The monoisotopic (exact) mass is 479 g/mol. The molecule has 2 aromatic carbocycles. The van der Waals surface area contributed by atoms with Crippen LogP contribution in [0.3, 0.4) is 0 Å². The van der Waals surface area contributed by atoms with Crippen LogP contribution in [0.15, 0.2) is 64.3 Å². The van der Waals surface area contributed by atoms with E-state index in [9.17, 15) is 18.4 Å². The Balaban J connectivity index is 1.69. The van der Waals surface area contributed by atoms with Gasteiger partial charge in [-0.15, -0.1) is 0 Å². The number of hydrogen-bond acceptors (Lipinski definition) is 4. The van der Waals surface area contributed by atoms with Crippen LogP contribution in [0, 0.1) is 11.6 Å². The first-order chi connectivity index (χ1) is 16.8. The van der Waals surface area contributed by atoms with Gasteiger partial charge >= 0.3 is 5.69 Å². The highest BCUT2D eigenvalue weighted by atomic mass is 19.1. The summed E-state index contributed by atoms with van der Waals surface area (Å²) in [6, 6.07) is 12.2. The zero-order chi connectivity index (χ0) is 24.7. The van der Waals surface area contributed by atoms with Crippen LogP contribution in [0.1, 0.15) is 18.4 Å². The third-order valence-corrected chi connectivity index (χ3v) is 6.82. The van der Waals surface area contributed by atoms with E-state index in [4.69, 9.17) is 0 Å². The topological polar surface area (TPSA) is 64.2 Å². The van der Waals surface area contributed by atoms with E-state index in [1.165, 1.54) is 31.3 Å². The minimum Gasteiger partial charge on any atom is -0.341 e. The minimum atomic E-state index is -0.413. The SMILES string of the molecule is CN1CCCC1Cn1c(=O)n(C)c(=O)c2c(Nc3ccc(F)cc3)n(Cc3ccc(F)cc3)cc21. The molecule has 4 aromatic rings. The molecule has 1 aliphatic heterocycles. The van der Waals surface area contributed by atoms with Crippen LogP contribution in [0.4, 0.5) is 20.3 Å². The van der Waals surface area contributed by atoms with Crippen LogP contribution in [0.5, 0.6) is 0 Å². The van der Waals surface area contributed by atoms with Crippen LogP contribution in [0.25, 0.3) is 10.9 Å². The van der Waals surface area contributed by atoms with E-state index >= 15 is 0 Å². The van der Waals surface area contributed by atoms with Crippen molar-refractivity contribution in [2.75, 3.05) is 18.9 Å². The number of hydrogen-bond donors (Lipinski definition) is 1. The molecule has 1 atom stereocenters. The first-order valence-electron chi connectivity index (χ1n) is 11.6. The van der Waals surface area contributed by atoms with Gasteiger partial charge in [0, 0.05) is 38.1 Å². The fourth-order valence-electron chi connectivity index (χ4n) is 4.81. The molecule has 1 aliphatic rings. The predicted molar refractivity (Wildman–Crippen MR) is 132 cm³/mol. The lowest BCUT2D eigenvalue weighted by molar-refractivity contribution is 0.280. The van der Waals surface area contributed by atoms with Crippen LogP contribution in [-0.2, 0) is 20.1 Å². The summed E-state index contributed by atoms with van der Waals surface area (Å²) in [5, 5.41) is 3.63. The van der Waals surface area contributed by atoms with Crippen molar-refractivity contribution in [3.8, 4) is 0 Å². The Kier molecular flexibility index (Phi) is 6.02. The number of fused-ring (bicyclic) bond motifs is 1. The van der Waals surface area contributed by atoms with Gasteiger partial charge < -0.3 is 14.8 Å². The lowest BCUT2D eigenvalue weighted by Gasteiger charge is -2.21. The molecule has 3 heterocycles. The summed E-state index contributed by atoms with van der Waals surface area (Å²) in [5.41, 5.74) is 1.18. The molecule has 1 N–H and O–H groups in total. The average molecular weight is 480 g/mol. The van der Waals surface area contributed by atoms with E-state index in [2.05, 4.69) is 10.2 Å². The largest absolute Gasteiger partial charge is 0.341 e. The molecular weight excluding hydrogens is 452 g/mol. The molecule has 0 spiro atoms. The van der Waals surface area contributed by atoms with Gasteiger partial charge in [0.25, 0.3) is 5.56 Å². The molecule has 0 aliphatic carbocycles. The van der Waals surface area contributed by atoms with Crippen molar-refractivity contribution in [2.24, 2.45) is 7.05 Å². The average Bonchev–Trinajstić information content (AvgIpc) is 3.41. The Morgan fingerprint density at radius 1 is 0.971 bits per heavy atom. The van der Waals surface area contributed by atoms with Crippen molar-refractivity contribution in [3.63, 3.8) is 0 Å². The van der Waals surface area contributed by atoms with Gasteiger partial charge in [-0.2, -0.15) is 0 Å². The van der Waals surface area contributed by atoms with Gasteiger partial charge in [0.2, 0.25) is 0 Å². The maximum atomic E-state index is 13.5. The summed E-state index contributed by atoms with van der Waals surface area (Å²) in [6.07, 6.45) is 3.83. The number of anilines is 2. The summed E-state index contributed by atoms with van der Waals surface area (Å²) >= 11 is 0. The second-order valence-electron chi connectivity index (χ2n) is 9.16. The Morgan fingerprint density at radius 2 is 1.63 bits per heavy atom. The zero-order valence-electron chi connectivity index (χ0n) is 19.7. The van der Waals surface area contributed by atoms with E-state index < -0.39 is 5.56 Å².